The lowest BCUT2D eigenvalue weighted by Gasteiger charge is -2.45. The Bertz CT molecular complexity index is 1080. The zero-order valence-electron chi connectivity index (χ0n) is 18.7. The molecular formula is C27H26O7. The van der Waals surface area contributed by atoms with E-state index in [1.54, 1.807) is 7.11 Å². The highest BCUT2D eigenvalue weighted by molar-refractivity contribution is 5.31. The zero-order chi connectivity index (χ0) is 22.9. The van der Waals surface area contributed by atoms with E-state index < -0.39 is 25.0 Å². The number of benzene rings is 3. The second-order valence-corrected chi connectivity index (χ2v) is 8.46. The first-order valence-electron chi connectivity index (χ1n) is 11.4. The minimum Gasteiger partial charge on any atom is -0.497 e. The Labute approximate surface area is 198 Å². The normalized spacial score (nSPS) is 32.4. The van der Waals surface area contributed by atoms with Gasteiger partial charge in [-0.1, -0.05) is 60.7 Å². The predicted octanol–water partition coefficient (Wildman–Crippen LogP) is 4.40. The van der Waals surface area contributed by atoms with Gasteiger partial charge in [0.25, 0.3) is 0 Å². The smallest absolute Gasteiger partial charge is 0.229 e. The first-order chi connectivity index (χ1) is 16.8. The number of hydrogen-bond acceptors (Lipinski definition) is 7. The van der Waals surface area contributed by atoms with Crippen LogP contribution in [0.15, 0.2) is 84.9 Å². The van der Waals surface area contributed by atoms with Crippen molar-refractivity contribution in [1.29, 1.82) is 0 Å². The average Bonchev–Trinajstić information content (AvgIpc) is 3.36. The van der Waals surface area contributed by atoms with Crippen molar-refractivity contribution in [1.82, 2.24) is 0 Å². The van der Waals surface area contributed by atoms with Crippen molar-refractivity contribution >= 4 is 0 Å². The van der Waals surface area contributed by atoms with Crippen molar-refractivity contribution < 1.29 is 33.2 Å². The van der Waals surface area contributed by atoms with Gasteiger partial charge in [0.2, 0.25) is 6.29 Å². The second kappa shape index (κ2) is 9.37. The van der Waals surface area contributed by atoms with Gasteiger partial charge >= 0.3 is 0 Å². The Hall–Kier alpha value is -2.94. The van der Waals surface area contributed by atoms with E-state index >= 15 is 0 Å². The van der Waals surface area contributed by atoms with E-state index in [0.29, 0.717) is 12.4 Å². The monoisotopic (exact) mass is 462 g/mol. The molecule has 3 aliphatic rings. The summed E-state index contributed by atoms with van der Waals surface area (Å²) in [6, 6.07) is 27.1. The summed E-state index contributed by atoms with van der Waals surface area (Å²) in [6.45, 7) is 0.356. The van der Waals surface area contributed by atoms with Crippen molar-refractivity contribution in [3.63, 3.8) is 0 Å². The Balaban J connectivity index is 1.26. The van der Waals surface area contributed by atoms with E-state index in [9.17, 15) is 0 Å². The maximum Gasteiger partial charge on any atom is 0.229 e. The van der Waals surface area contributed by atoms with Gasteiger partial charge in [0.1, 0.15) is 29.8 Å². The van der Waals surface area contributed by atoms with Gasteiger partial charge in [-0.15, -0.1) is 0 Å². The fourth-order valence-electron chi connectivity index (χ4n) is 4.59. The molecule has 0 saturated carbocycles. The van der Waals surface area contributed by atoms with Crippen LogP contribution < -0.4 is 9.47 Å². The molecule has 0 bridgehead atoms. The second-order valence-electron chi connectivity index (χ2n) is 8.46. The van der Waals surface area contributed by atoms with Crippen LogP contribution in [-0.2, 0) is 23.7 Å². The van der Waals surface area contributed by atoms with Gasteiger partial charge in [-0.3, -0.25) is 0 Å². The van der Waals surface area contributed by atoms with E-state index in [1.807, 2.05) is 84.9 Å². The molecule has 0 radical (unpaired) electrons. The minimum atomic E-state index is -0.686. The van der Waals surface area contributed by atoms with E-state index in [4.69, 9.17) is 33.2 Å². The molecule has 3 saturated heterocycles. The third kappa shape index (κ3) is 4.17. The highest BCUT2D eigenvalue weighted by atomic mass is 16.8. The first kappa shape index (κ1) is 21.6. The number of fused-ring (bicyclic) bond motifs is 3. The quantitative estimate of drug-likeness (QED) is 0.557. The Morgan fingerprint density at radius 1 is 0.618 bits per heavy atom. The Kier molecular flexibility index (Phi) is 5.95. The first-order valence-corrected chi connectivity index (χ1v) is 11.4. The van der Waals surface area contributed by atoms with Crippen LogP contribution in [0.3, 0.4) is 0 Å². The van der Waals surface area contributed by atoms with Gasteiger partial charge in [0.15, 0.2) is 18.7 Å². The van der Waals surface area contributed by atoms with Crippen LogP contribution in [0, 0.1) is 0 Å². The van der Waals surface area contributed by atoms with Crippen molar-refractivity contribution in [2.24, 2.45) is 0 Å². The van der Waals surface area contributed by atoms with Crippen LogP contribution in [0.25, 0.3) is 0 Å². The molecule has 6 rings (SSSR count). The molecule has 3 aliphatic heterocycles. The van der Waals surface area contributed by atoms with E-state index in [2.05, 4.69) is 0 Å². The Morgan fingerprint density at radius 3 is 1.88 bits per heavy atom. The number of rotatable bonds is 5. The summed E-state index contributed by atoms with van der Waals surface area (Å²) in [5.41, 5.74) is 1.89. The molecule has 0 spiro atoms. The van der Waals surface area contributed by atoms with Gasteiger partial charge in [-0.2, -0.15) is 0 Å². The molecule has 7 atom stereocenters. The molecule has 0 aliphatic carbocycles. The maximum absolute atomic E-state index is 6.43. The number of methoxy groups -OCH3 is 1. The lowest BCUT2D eigenvalue weighted by atomic mass is 9.98. The summed E-state index contributed by atoms with van der Waals surface area (Å²) in [5.74, 6) is 1.40. The summed E-state index contributed by atoms with van der Waals surface area (Å²) < 4.78 is 43.0. The lowest BCUT2D eigenvalue weighted by Crippen LogP contribution is -2.61. The summed E-state index contributed by atoms with van der Waals surface area (Å²) >= 11 is 0. The number of hydrogen-bond donors (Lipinski definition) is 0. The molecule has 7 nitrogen and oxygen atoms in total. The van der Waals surface area contributed by atoms with Crippen LogP contribution >= 0.6 is 0 Å². The maximum atomic E-state index is 6.43. The van der Waals surface area contributed by atoms with Gasteiger partial charge < -0.3 is 33.2 Å². The fraction of sp³-hybridized carbons (Fsp3) is 0.333. The van der Waals surface area contributed by atoms with Crippen molar-refractivity contribution in [3.8, 4) is 11.5 Å². The van der Waals surface area contributed by atoms with Gasteiger partial charge in [0.05, 0.1) is 13.7 Å². The highest BCUT2D eigenvalue weighted by Crippen LogP contribution is 2.43. The van der Waals surface area contributed by atoms with Crippen molar-refractivity contribution in [2.75, 3.05) is 13.7 Å². The van der Waals surface area contributed by atoms with E-state index in [0.717, 1.165) is 16.9 Å². The predicted molar refractivity (Wildman–Crippen MR) is 121 cm³/mol. The summed E-state index contributed by atoms with van der Waals surface area (Å²) in [4.78, 5) is 0. The zero-order valence-corrected chi connectivity index (χ0v) is 18.7. The summed E-state index contributed by atoms with van der Waals surface area (Å²) in [6.07, 6.45) is -3.32. The Morgan fingerprint density at radius 2 is 1.21 bits per heavy atom. The molecule has 2 unspecified atom stereocenters. The molecule has 0 N–H and O–H groups in total. The molecular weight excluding hydrogens is 436 g/mol. The molecule has 3 aromatic rings. The molecule has 0 aromatic heterocycles. The third-order valence-corrected chi connectivity index (χ3v) is 6.30. The molecule has 34 heavy (non-hydrogen) atoms. The standard InChI is InChI=1S/C27H26O7/c1-28-19-12-14-20(15-13-19)30-27-24-23(33-26(34-24)18-10-6-3-7-11-18)22-21(31-27)16-29-25(32-22)17-8-4-2-5-9-17/h2-15,21-27H,16H2,1H3/t21-,22-,23+,24+,25?,26?,27+/m1/s1. The van der Waals surface area contributed by atoms with Gasteiger partial charge in [0, 0.05) is 11.1 Å². The van der Waals surface area contributed by atoms with Crippen molar-refractivity contribution in [3.05, 3.63) is 96.1 Å². The van der Waals surface area contributed by atoms with E-state index in [1.165, 1.54) is 0 Å². The highest BCUT2D eigenvalue weighted by Gasteiger charge is 2.57. The van der Waals surface area contributed by atoms with Crippen LogP contribution in [-0.4, -0.2) is 44.4 Å². The molecule has 3 aromatic carbocycles. The van der Waals surface area contributed by atoms with Gasteiger partial charge in [-0.05, 0) is 24.3 Å². The summed E-state index contributed by atoms with van der Waals surface area (Å²) in [7, 11) is 1.63. The summed E-state index contributed by atoms with van der Waals surface area (Å²) in [5, 5.41) is 0. The topological polar surface area (TPSA) is 64.6 Å². The van der Waals surface area contributed by atoms with Crippen LogP contribution in [0.1, 0.15) is 23.7 Å². The van der Waals surface area contributed by atoms with Gasteiger partial charge in [-0.25, -0.2) is 0 Å². The van der Waals surface area contributed by atoms with E-state index in [-0.39, 0.29) is 18.3 Å². The minimum absolute atomic E-state index is 0.356. The average molecular weight is 462 g/mol. The molecule has 176 valence electrons. The van der Waals surface area contributed by atoms with Crippen molar-refractivity contribution in [2.45, 2.75) is 43.3 Å². The van der Waals surface area contributed by atoms with Crippen LogP contribution in [0.4, 0.5) is 0 Å². The third-order valence-electron chi connectivity index (χ3n) is 6.30. The molecule has 3 heterocycles. The number of ether oxygens (including phenoxy) is 7. The molecule has 0 amide bonds. The van der Waals surface area contributed by atoms with Crippen LogP contribution in [0.2, 0.25) is 0 Å². The molecule has 3 fully saturated rings. The lowest BCUT2D eigenvalue weighted by molar-refractivity contribution is -0.335. The molecule has 7 heteroatoms. The van der Waals surface area contributed by atoms with Crippen LogP contribution in [0.5, 0.6) is 11.5 Å². The fourth-order valence-corrected chi connectivity index (χ4v) is 4.59. The SMILES string of the molecule is COc1ccc(O[C@H]2O[C@@H]3COC(c4ccccc4)O[C@H]3[C@@H]3OC(c4ccccc4)O[C@H]23)cc1. The largest absolute Gasteiger partial charge is 0.497 e.